The highest BCUT2D eigenvalue weighted by molar-refractivity contribution is 9.10. The van der Waals surface area contributed by atoms with Crippen LogP contribution in [0.3, 0.4) is 0 Å². The van der Waals surface area contributed by atoms with E-state index >= 15 is 0 Å². The van der Waals surface area contributed by atoms with E-state index in [4.69, 9.17) is 0 Å². The molecule has 2 aromatic rings. The Morgan fingerprint density at radius 3 is 2.16 bits per heavy atom. The van der Waals surface area contributed by atoms with Crippen LogP contribution in [0, 0.1) is 5.82 Å². The monoisotopic (exact) mass is 318 g/mol. The Bertz CT molecular complexity index is 588. The summed E-state index contributed by atoms with van der Waals surface area (Å²) < 4.78 is 14.8. The van der Waals surface area contributed by atoms with Crippen molar-refractivity contribution in [3.05, 3.63) is 57.8 Å². The topological polar surface area (TPSA) is 0 Å². The zero-order valence-corrected chi connectivity index (χ0v) is 12.7. The van der Waals surface area contributed by atoms with E-state index in [0.29, 0.717) is 0 Å². The molecule has 98 valence electrons. The average molecular weight is 319 g/mol. The first kappa shape index (κ1) is 12.9. The number of hydrogen-bond donors (Lipinski definition) is 0. The second-order valence-corrected chi connectivity index (χ2v) is 6.08. The molecule has 0 saturated heterocycles. The molecule has 2 aromatic carbocycles. The van der Waals surface area contributed by atoms with Crippen LogP contribution in [0.4, 0.5) is 4.39 Å². The summed E-state index contributed by atoms with van der Waals surface area (Å²) in [6, 6.07) is 11.6. The minimum absolute atomic E-state index is 0.0451. The van der Waals surface area contributed by atoms with Gasteiger partial charge in [0.2, 0.25) is 0 Å². The van der Waals surface area contributed by atoms with Gasteiger partial charge < -0.3 is 0 Å². The number of rotatable bonds is 2. The third-order valence-corrected chi connectivity index (χ3v) is 4.98. The second-order valence-electron chi connectivity index (χ2n) is 5.17. The Hall–Kier alpha value is -1.15. The van der Waals surface area contributed by atoms with Gasteiger partial charge in [0, 0.05) is 9.89 Å². The SMILES string of the molecule is CCC1(CC)c2cc(F)ccc2-c2ccc(Br)cc21. The van der Waals surface area contributed by atoms with Crippen molar-refractivity contribution >= 4 is 15.9 Å². The summed E-state index contributed by atoms with van der Waals surface area (Å²) in [4.78, 5) is 0. The molecule has 0 bridgehead atoms. The van der Waals surface area contributed by atoms with Gasteiger partial charge >= 0.3 is 0 Å². The summed E-state index contributed by atoms with van der Waals surface area (Å²) >= 11 is 3.56. The predicted molar refractivity (Wildman–Crippen MR) is 80.9 cm³/mol. The van der Waals surface area contributed by atoms with Crippen LogP contribution < -0.4 is 0 Å². The minimum Gasteiger partial charge on any atom is -0.207 e. The lowest BCUT2D eigenvalue weighted by atomic mass is 9.74. The van der Waals surface area contributed by atoms with Crippen LogP contribution in [0.25, 0.3) is 11.1 Å². The van der Waals surface area contributed by atoms with Gasteiger partial charge in [-0.25, -0.2) is 4.39 Å². The maximum Gasteiger partial charge on any atom is 0.123 e. The van der Waals surface area contributed by atoms with Gasteiger partial charge in [-0.2, -0.15) is 0 Å². The Balaban J connectivity index is 2.38. The first-order valence-electron chi connectivity index (χ1n) is 6.73. The molecule has 1 aliphatic rings. The standard InChI is InChI=1S/C17H16BrF/c1-3-17(4-2)15-9-11(18)5-7-13(15)14-8-6-12(19)10-16(14)17/h5-10H,3-4H2,1-2H3. The van der Waals surface area contributed by atoms with Crippen LogP contribution >= 0.6 is 15.9 Å². The molecular formula is C17H16BrF. The van der Waals surface area contributed by atoms with E-state index in [1.165, 1.54) is 16.7 Å². The van der Waals surface area contributed by atoms with Gasteiger partial charge in [0.05, 0.1) is 0 Å². The van der Waals surface area contributed by atoms with Gasteiger partial charge in [-0.3, -0.25) is 0 Å². The average Bonchev–Trinajstić information content (AvgIpc) is 2.67. The highest BCUT2D eigenvalue weighted by Crippen LogP contribution is 2.53. The van der Waals surface area contributed by atoms with Crippen molar-refractivity contribution in [2.24, 2.45) is 0 Å². The summed E-state index contributed by atoms with van der Waals surface area (Å²) in [5, 5.41) is 0. The fourth-order valence-corrected chi connectivity index (χ4v) is 3.81. The lowest BCUT2D eigenvalue weighted by Crippen LogP contribution is -2.23. The summed E-state index contributed by atoms with van der Waals surface area (Å²) in [5.74, 6) is -0.142. The Kier molecular flexibility index (Phi) is 3.01. The number of benzene rings is 2. The van der Waals surface area contributed by atoms with Crippen molar-refractivity contribution in [2.75, 3.05) is 0 Å². The molecule has 0 unspecified atom stereocenters. The molecule has 0 heterocycles. The largest absolute Gasteiger partial charge is 0.207 e. The second kappa shape index (κ2) is 4.45. The third-order valence-electron chi connectivity index (χ3n) is 4.49. The third kappa shape index (κ3) is 1.69. The van der Waals surface area contributed by atoms with Crippen molar-refractivity contribution in [3.8, 4) is 11.1 Å². The molecule has 2 heteroatoms. The maximum absolute atomic E-state index is 13.7. The van der Waals surface area contributed by atoms with E-state index < -0.39 is 0 Å². The van der Waals surface area contributed by atoms with Crippen molar-refractivity contribution in [1.82, 2.24) is 0 Å². The van der Waals surface area contributed by atoms with Crippen LogP contribution in [0.1, 0.15) is 37.8 Å². The molecule has 0 nitrogen and oxygen atoms in total. The molecule has 0 fully saturated rings. The van der Waals surface area contributed by atoms with Gasteiger partial charge in [0.15, 0.2) is 0 Å². The van der Waals surface area contributed by atoms with Crippen LogP contribution in [0.5, 0.6) is 0 Å². The summed E-state index contributed by atoms with van der Waals surface area (Å²) in [7, 11) is 0. The molecule has 19 heavy (non-hydrogen) atoms. The van der Waals surface area contributed by atoms with E-state index in [2.05, 4.69) is 48.0 Å². The molecule has 0 spiro atoms. The highest BCUT2D eigenvalue weighted by Gasteiger charge is 2.40. The quantitative estimate of drug-likeness (QED) is 0.668. The lowest BCUT2D eigenvalue weighted by Gasteiger charge is -2.29. The van der Waals surface area contributed by atoms with Gasteiger partial charge in [-0.15, -0.1) is 0 Å². The zero-order chi connectivity index (χ0) is 13.6. The predicted octanol–water partition coefficient (Wildman–Crippen LogP) is 5.67. The van der Waals surface area contributed by atoms with Crippen molar-refractivity contribution in [2.45, 2.75) is 32.1 Å². The number of fused-ring (bicyclic) bond motifs is 3. The van der Waals surface area contributed by atoms with Gasteiger partial charge in [-0.05, 0) is 59.4 Å². The van der Waals surface area contributed by atoms with E-state index in [-0.39, 0.29) is 11.2 Å². The lowest BCUT2D eigenvalue weighted by molar-refractivity contribution is 0.486. The zero-order valence-electron chi connectivity index (χ0n) is 11.1. The van der Waals surface area contributed by atoms with E-state index in [1.54, 1.807) is 12.1 Å². The summed E-state index contributed by atoms with van der Waals surface area (Å²) in [5.41, 5.74) is 4.86. The fourth-order valence-electron chi connectivity index (χ4n) is 3.45. The van der Waals surface area contributed by atoms with E-state index in [1.807, 2.05) is 6.07 Å². The van der Waals surface area contributed by atoms with Crippen LogP contribution in [-0.4, -0.2) is 0 Å². The van der Waals surface area contributed by atoms with Gasteiger partial charge in [0.1, 0.15) is 5.82 Å². The van der Waals surface area contributed by atoms with Crippen LogP contribution in [0.2, 0.25) is 0 Å². The molecule has 0 amide bonds. The Morgan fingerprint density at radius 2 is 1.53 bits per heavy atom. The molecule has 0 saturated carbocycles. The normalized spacial score (nSPS) is 15.2. The van der Waals surface area contributed by atoms with Crippen molar-refractivity contribution in [1.29, 1.82) is 0 Å². The molecule has 0 aliphatic heterocycles. The first-order valence-corrected chi connectivity index (χ1v) is 7.52. The van der Waals surface area contributed by atoms with Crippen molar-refractivity contribution < 1.29 is 4.39 Å². The molecule has 0 N–H and O–H groups in total. The molecule has 0 radical (unpaired) electrons. The van der Waals surface area contributed by atoms with Gasteiger partial charge in [0.25, 0.3) is 0 Å². The molecule has 0 atom stereocenters. The summed E-state index contributed by atoms with van der Waals surface area (Å²) in [6.45, 7) is 4.38. The van der Waals surface area contributed by atoms with E-state index in [9.17, 15) is 4.39 Å². The van der Waals surface area contributed by atoms with E-state index in [0.717, 1.165) is 22.9 Å². The number of hydrogen-bond acceptors (Lipinski definition) is 0. The fraction of sp³-hybridized carbons (Fsp3) is 0.294. The Morgan fingerprint density at radius 1 is 0.947 bits per heavy atom. The summed E-state index contributed by atoms with van der Waals surface area (Å²) in [6.07, 6.45) is 1.98. The molecule has 1 aliphatic carbocycles. The van der Waals surface area contributed by atoms with Crippen LogP contribution in [0.15, 0.2) is 40.9 Å². The highest BCUT2D eigenvalue weighted by atomic mass is 79.9. The minimum atomic E-state index is -0.142. The van der Waals surface area contributed by atoms with Gasteiger partial charge in [-0.1, -0.05) is 41.9 Å². The maximum atomic E-state index is 13.7. The molecule has 3 rings (SSSR count). The first-order chi connectivity index (χ1) is 9.12. The number of halogens is 2. The van der Waals surface area contributed by atoms with Crippen molar-refractivity contribution in [3.63, 3.8) is 0 Å². The Labute approximate surface area is 121 Å². The molecular weight excluding hydrogens is 303 g/mol. The van der Waals surface area contributed by atoms with Crippen LogP contribution in [-0.2, 0) is 5.41 Å². The molecule has 0 aromatic heterocycles. The smallest absolute Gasteiger partial charge is 0.123 e.